The Hall–Kier alpha value is -0.540. The standard InChI is InChI=1S/C14H15Cl2NS/c1-10(4-11-2-3-18-9-11)17-8-12-5-13(15)7-14(16)6-12/h2-3,5-7,9-10,17H,4,8H2,1H3. The van der Waals surface area contributed by atoms with Gasteiger partial charge in [0, 0.05) is 22.6 Å². The zero-order valence-electron chi connectivity index (χ0n) is 10.1. The van der Waals surface area contributed by atoms with E-state index in [9.17, 15) is 0 Å². The molecular weight excluding hydrogens is 285 g/mol. The molecule has 0 radical (unpaired) electrons. The fourth-order valence-corrected chi connectivity index (χ4v) is 3.09. The Balaban J connectivity index is 1.87. The molecule has 0 saturated carbocycles. The van der Waals surface area contributed by atoms with E-state index in [1.807, 2.05) is 12.1 Å². The third-order valence-electron chi connectivity index (χ3n) is 2.70. The Morgan fingerprint density at radius 2 is 1.89 bits per heavy atom. The van der Waals surface area contributed by atoms with Crippen molar-refractivity contribution in [3.8, 4) is 0 Å². The maximum atomic E-state index is 5.97. The first-order valence-electron chi connectivity index (χ1n) is 5.83. The maximum Gasteiger partial charge on any atom is 0.0424 e. The van der Waals surface area contributed by atoms with Gasteiger partial charge >= 0.3 is 0 Å². The Morgan fingerprint density at radius 1 is 1.17 bits per heavy atom. The third-order valence-corrected chi connectivity index (χ3v) is 3.87. The SMILES string of the molecule is CC(Cc1ccsc1)NCc1cc(Cl)cc(Cl)c1. The van der Waals surface area contributed by atoms with E-state index >= 15 is 0 Å². The Morgan fingerprint density at radius 3 is 2.50 bits per heavy atom. The van der Waals surface area contributed by atoms with E-state index in [-0.39, 0.29) is 0 Å². The Bertz CT molecular complexity index is 476. The minimum atomic E-state index is 0.428. The summed E-state index contributed by atoms with van der Waals surface area (Å²) in [5, 5.41) is 9.15. The molecule has 0 saturated heterocycles. The van der Waals surface area contributed by atoms with Gasteiger partial charge in [-0.25, -0.2) is 0 Å². The van der Waals surface area contributed by atoms with Gasteiger partial charge in [-0.3, -0.25) is 0 Å². The highest BCUT2D eigenvalue weighted by Crippen LogP contribution is 2.19. The molecule has 0 bridgehead atoms. The molecule has 0 fully saturated rings. The summed E-state index contributed by atoms with van der Waals surface area (Å²) in [6, 6.07) is 8.23. The van der Waals surface area contributed by atoms with Gasteiger partial charge in [0.2, 0.25) is 0 Å². The first kappa shape index (κ1) is 13.9. The number of halogens is 2. The molecule has 0 aliphatic carbocycles. The lowest BCUT2D eigenvalue weighted by Crippen LogP contribution is -2.27. The van der Waals surface area contributed by atoms with Gasteiger partial charge in [0.25, 0.3) is 0 Å². The molecule has 1 nitrogen and oxygen atoms in total. The maximum absolute atomic E-state index is 5.97. The molecule has 1 aromatic heterocycles. The highest BCUT2D eigenvalue weighted by molar-refractivity contribution is 7.07. The summed E-state index contributed by atoms with van der Waals surface area (Å²) >= 11 is 13.7. The van der Waals surface area contributed by atoms with E-state index in [1.54, 1.807) is 17.4 Å². The molecule has 1 atom stereocenters. The fourth-order valence-electron chi connectivity index (χ4n) is 1.84. The average molecular weight is 300 g/mol. The summed E-state index contributed by atoms with van der Waals surface area (Å²) in [6.45, 7) is 2.97. The number of rotatable bonds is 5. The number of nitrogens with one attached hydrogen (secondary N) is 1. The first-order chi connectivity index (χ1) is 8.63. The lowest BCUT2D eigenvalue weighted by Gasteiger charge is -2.13. The molecule has 1 aromatic carbocycles. The van der Waals surface area contributed by atoms with Crippen LogP contribution in [0.1, 0.15) is 18.1 Å². The third kappa shape index (κ3) is 4.29. The fraction of sp³-hybridized carbons (Fsp3) is 0.286. The predicted octanol–water partition coefficient (Wildman–Crippen LogP) is 4.78. The molecule has 96 valence electrons. The van der Waals surface area contributed by atoms with Crippen LogP contribution >= 0.6 is 34.5 Å². The molecule has 4 heteroatoms. The van der Waals surface area contributed by atoms with Crippen LogP contribution in [0.25, 0.3) is 0 Å². The molecule has 18 heavy (non-hydrogen) atoms. The summed E-state index contributed by atoms with van der Waals surface area (Å²) in [5.41, 5.74) is 2.49. The van der Waals surface area contributed by atoms with E-state index in [2.05, 4.69) is 29.1 Å². The van der Waals surface area contributed by atoms with E-state index in [4.69, 9.17) is 23.2 Å². The molecule has 2 aromatic rings. The van der Waals surface area contributed by atoms with Crippen molar-refractivity contribution in [1.82, 2.24) is 5.32 Å². The van der Waals surface area contributed by atoms with Gasteiger partial charge in [-0.2, -0.15) is 11.3 Å². The highest BCUT2D eigenvalue weighted by atomic mass is 35.5. The van der Waals surface area contributed by atoms with Crippen LogP contribution in [0.4, 0.5) is 0 Å². The van der Waals surface area contributed by atoms with Crippen molar-refractivity contribution in [3.63, 3.8) is 0 Å². The Kier molecular flexibility index (Phi) is 5.07. The molecule has 1 heterocycles. The Labute approximate surface area is 122 Å². The second kappa shape index (κ2) is 6.58. The van der Waals surface area contributed by atoms with Crippen LogP contribution in [-0.4, -0.2) is 6.04 Å². The molecular formula is C14H15Cl2NS. The quantitative estimate of drug-likeness (QED) is 0.838. The van der Waals surface area contributed by atoms with Gasteiger partial charge in [0.15, 0.2) is 0 Å². The van der Waals surface area contributed by atoms with Gasteiger partial charge in [-0.1, -0.05) is 23.2 Å². The molecule has 1 N–H and O–H groups in total. The smallest absolute Gasteiger partial charge is 0.0424 e. The lowest BCUT2D eigenvalue weighted by atomic mass is 10.1. The minimum Gasteiger partial charge on any atom is -0.310 e. The second-order valence-electron chi connectivity index (χ2n) is 4.40. The summed E-state index contributed by atoms with van der Waals surface area (Å²) in [6.07, 6.45) is 1.04. The number of benzene rings is 1. The van der Waals surface area contributed by atoms with Crippen LogP contribution in [0.15, 0.2) is 35.0 Å². The summed E-state index contributed by atoms with van der Waals surface area (Å²) in [5.74, 6) is 0. The van der Waals surface area contributed by atoms with Crippen molar-refractivity contribution in [2.24, 2.45) is 0 Å². The lowest BCUT2D eigenvalue weighted by molar-refractivity contribution is 0.546. The van der Waals surface area contributed by atoms with Crippen LogP contribution in [-0.2, 0) is 13.0 Å². The van der Waals surface area contributed by atoms with Gasteiger partial charge in [0.05, 0.1) is 0 Å². The van der Waals surface area contributed by atoms with Crippen LogP contribution < -0.4 is 5.32 Å². The molecule has 1 unspecified atom stereocenters. The molecule has 0 aliphatic rings. The summed E-state index contributed by atoms with van der Waals surface area (Å²) in [7, 11) is 0. The van der Waals surface area contributed by atoms with E-state index in [0.717, 1.165) is 18.5 Å². The van der Waals surface area contributed by atoms with Crippen molar-refractivity contribution in [3.05, 3.63) is 56.2 Å². The van der Waals surface area contributed by atoms with E-state index < -0.39 is 0 Å². The number of hydrogen-bond donors (Lipinski definition) is 1. The highest BCUT2D eigenvalue weighted by Gasteiger charge is 2.04. The zero-order chi connectivity index (χ0) is 13.0. The molecule has 2 rings (SSSR count). The van der Waals surface area contributed by atoms with Gasteiger partial charge in [-0.05, 0) is 59.5 Å². The summed E-state index contributed by atoms with van der Waals surface area (Å²) < 4.78 is 0. The first-order valence-corrected chi connectivity index (χ1v) is 7.53. The van der Waals surface area contributed by atoms with Gasteiger partial charge < -0.3 is 5.32 Å². The van der Waals surface area contributed by atoms with Crippen LogP contribution in [0.2, 0.25) is 10.0 Å². The van der Waals surface area contributed by atoms with Crippen molar-refractivity contribution < 1.29 is 0 Å². The van der Waals surface area contributed by atoms with Crippen LogP contribution in [0, 0.1) is 0 Å². The predicted molar refractivity (Wildman–Crippen MR) is 80.8 cm³/mol. The van der Waals surface area contributed by atoms with Gasteiger partial charge in [-0.15, -0.1) is 0 Å². The largest absolute Gasteiger partial charge is 0.310 e. The van der Waals surface area contributed by atoms with Crippen molar-refractivity contribution in [2.45, 2.75) is 25.9 Å². The van der Waals surface area contributed by atoms with Crippen molar-refractivity contribution >= 4 is 34.5 Å². The molecule has 0 aliphatic heterocycles. The topological polar surface area (TPSA) is 12.0 Å². The average Bonchev–Trinajstić information content (AvgIpc) is 2.78. The minimum absolute atomic E-state index is 0.428. The molecule has 0 amide bonds. The second-order valence-corrected chi connectivity index (χ2v) is 6.05. The monoisotopic (exact) mass is 299 g/mol. The zero-order valence-corrected chi connectivity index (χ0v) is 12.4. The van der Waals surface area contributed by atoms with Crippen LogP contribution in [0.5, 0.6) is 0 Å². The van der Waals surface area contributed by atoms with Crippen LogP contribution in [0.3, 0.4) is 0 Å². The number of hydrogen-bond acceptors (Lipinski definition) is 2. The van der Waals surface area contributed by atoms with E-state index in [1.165, 1.54) is 5.56 Å². The van der Waals surface area contributed by atoms with Crippen molar-refractivity contribution in [1.29, 1.82) is 0 Å². The van der Waals surface area contributed by atoms with E-state index in [0.29, 0.717) is 16.1 Å². The normalized spacial score (nSPS) is 12.6. The van der Waals surface area contributed by atoms with Gasteiger partial charge in [0.1, 0.15) is 0 Å². The van der Waals surface area contributed by atoms with Crippen molar-refractivity contribution in [2.75, 3.05) is 0 Å². The summed E-state index contributed by atoms with van der Waals surface area (Å²) in [4.78, 5) is 0. The molecule has 0 spiro atoms. The number of thiophene rings is 1.